The van der Waals surface area contributed by atoms with Gasteiger partial charge in [-0.05, 0) is 53.4 Å². The molecule has 5 nitrogen and oxygen atoms in total. The van der Waals surface area contributed by atoms with Crippen LogP contribution < -0.4 is 0 Å². The molecule has 0 amide bonds. The predicted molar refractivity (Wildman–Crippen MR) is 87.7 cm³/mol. The van der Waals surface area contributed by atoms with Crippen molar-refractivity contribution in [3.63, 3.8) is 0 Å². The van der Waals surface area contributed by atoms with Crippen molar-refractivity contribution in [2.75, 3.05) is 6.54 Å². The van der Waals surface area contributed by atoms with Crippen LogP contribution in [0, 0.1) is 0 Å². The Morgan fingerprint density at radius 1 is 1.04 bits per heavy atom. The smallest absolute Gasteiger partial charge is 0.335 e. The molecule has 0 bridgehead atoms. The highest BCUT2D eigenvalue weighted by Gasteiger charge is 2.47. The van der Waals surface area contributed by atoms with Crippen molar-refractivity contribution in [2.45, 2.75) is 84.0 Å². The number of esters is 2. The topological polar surface area (TPSA) is 55.8 Å². The summed E-state index contributed by atoms with van der Waals surface area (Å²) in [7, 11) is 0. The molecule has 0 aromatic carbocycles. The average molecular weight is 323 g/mol. The molecule has 23 heavy (non-hydrogen) atoms. The number of carbonyl (C=O) groups is 2. The maximum Gasteiger partial charge on any atom is 0.335 e. The summed E-state index contributed by atoms with van der Waals surface area (Å²) in [6.07, 6.45) is 6.72. The molecule has 0 spiro atoms. The highest BCUT2D eigenvalue weighted by Crippen LogP contribution is 2.38. The Labute approximate surface area is 139 Å². The van der Waals surface area contributed by atoms with Crippen molar-refractivity contribution >= 4 is 11.9 Å². The first-order valence-electron chi connectivity index (χ1n) is 8.74. The van der Waals surface area contributed by atoms with Crippen molar-refractivity contribution in [1.29, 1.82) is 0 Å². The number of ether oxygens (including phenoxy) is 2. The van der Waals surface area contributed by atoms with Gasteiger partial charge >= 0.3 is 11.9 Å². The molecule has 1 fully saturated rings. The lowest BCUT2D eigenvalue weighted by Gasteiger charge is -2.43. The summed E-state index contributed by atoms with van der Waals surface area (Å²) in [5, 5.41) is 0. The van der Waals surface area contributed by atoms with Crippen LogP contribution in [0.4, 0.5) is 0 Å². The number of hydrogen-bond acceptors (Lipinski definition) is 5. The van der Waals surface area contributed by atoms with Crippen LogP contribution in [0.3, 0.4) is 0 Å². The molecule has 1 atom stereocenters. The SMILES string of the molecule is CC(C)OC(=O)C1=CN2CCCCCC2(C(=O)OC(C)C)CC1. The summed E-state index contributed by atoms with van der Waals surface area (Å²) in [6, 6.07) is 0. The van der Waals surface area contributed by atoms with E-state index in [2.05, 4.69) is 0 Å². The molecule has 2 aliphatic heterocycles. The van der Waals surface area contributed by atoms with E-state index in [-0.39, 0.29) is 24.1 Å². The first-order chi connectivity index (χ1) is 10.8. The lowest BCUT2D eigenvalue weighted by atomic mass is 9.83. The van der Waals surface area contributed by atoms with Crippen LogP contribution in [0.2, 0.25) is 0 Å². The van der Waals surface area contributed by atoms with Crippen LogP contribution in [-0.4, -0.2) is 41.1 Å². The second-order valence-electron chi connectivity index (χ2n) is 7.10. The first kappa shape index (κ1) is 17.8. The Morgan fingerprint density at radius 2 is 1.74 bits per heavy atom. The van der Waals surface area contributed by atoms with Gasteiger partial charge in [0.15, 0.2) is 0 Å². The first-order valence-corrected chi connectivity index (χ1v) is 8.74. The minimum absolute atomic E-state index is 0.127. The summed E-state index contributed by atoms with van der Waals surface area (Å²) in [5.74, 6) is -0.419. The van der Waals surface area contributed by atoms with Gasteiger partial charge in [0, 0.05) is 12.7 Å². The molecular weight excluding hydrogens is 294 g/mol. The minimum atomic E-state index is -0.609. The molecular formula is C18H29NO4. The summed E-state index contributed by atoms with van der Waals surface area (Å²) < 4.78 is 10.8. The van der Waals surface area contributed by atoms with Gasteiger partial charge in [0.05, 0.1) is 17.8 Å². The van der Waals surface area contributed by atoms with Crippen molar-refractivity contribution in [2.24, 2.45) is 0 Å². The number of hydrogen-bond donors (Lipinski definition) is 0. The third-order valence-corrected chi connectivity index (χ3v) is 4.49. The lowest BCUT2D eigenvalue weighted by molar-refractivity contribution is -0.163. The Kier molecular flexibility index (Phi) is 5.71. The van der Waals surface area contributed by atoms with Gasteiger partial charge in [-0.1, -0.05) is 12.8 Å². The number of rotatable bonds is 4. The summed E-state index contributed by atoms with van der Waals surface area (Å²) in [5.41, 5.74) is 0.0520. The fourth-order valence-corrected chi connectivity index (χ4v) is 3.37. The zero-order valence-electron chi connectivity index (χ0n) is 14.8. The molecule has 1 saturated heterocycles. The zero-order valence-corrected chi connectivity index (χ0v) is 14.8. The highest BCUT2D eigenvalue weighted by atomic mass is 16.5. The van der Waals surface area contributed by atoms with Crippen molar-refractivity contribution in [3.05, 3.63) is 11.8 Å². The second kappa shape index (κ2) is 7.37. The molecule has 2 rings (SSSR count). The van der Waals surface area contributed by atoms with E-state index in [1.165, 1.54) is 0 Å². The quantitative estimate of drug-likeness (QED) is 0.744. The summed E-state index contributed by atoms with van der Waals surface area (Å²) in [6.45, 7) is 8.22. The molecule has 0 aliphatic carbocycles. The van der Waals surface area contributed by atoms with Crippen LogP contribution >= 0.6 is 0 Å². The van der Waals surface area contributed by atoms with Crippen LogP contribution in [0.15, 0.2) is 11.8 Å². The van der Waals surface area contributed by atoms with E-state index in [9.17, 15) is 9.59 Å². The second-order valence-corrected chi connectivity index (χ2v) is 7.10. The molecule has 0 aromatic rings. The molecule has 2 heterocycles. The van der Waals surface area contributed by atoms with Gasteiger partial charge in [0.25, 0.3) is 0 Å². The third kappa shape index (κ3) is 4.06. The van der Waals surface area contributed by atoms with Gasteiger partial charge in [-0.3, -0.25) is 0 Å². The van der Waals surface area contributed by atoms with E-state index in [1.807, 2.05) is 38.8 Å². The van der Waals surface area contributed by atoms with Crippen molar-refractivity contribution in [1.82, 2.24) is 4.90 Å². The van der Waals surface area contributed by atoms with E-state index in [0.29, 0.717) is 18.4 Å². The molecule has 1 unspecified atom stereocenters. The number of fused-ring (bicyclic) bond motifs is 1. The molecule has 5 heteroatoms. The standard InChI is InChI=1S/C18H29NO4/c1-13(2)22-16(20)15-8-10-18(17(21)23-14(3)4)9-6-5-7-11-19(18)12-15/h12-14H,5-11H2,1-4H3. The average Bonchev–Trinajstić information content (AvgIpc) is 2.68. The third-order valence-electron chi connectivity index (χ3n) is 4.49. The van der Waals surface area contributed by atoms with Gasteiger partial charge in [0.2, 0.25) is 0 Å². The lowest BCUT2D eigenvalue weighted by Crippen LogP contribution is -2.55. The number of carbonyl (C=O) groups excluding carboxylic acids is 2. The highest BCUT2D eigenvalue weighted by molar-refractivity contribution is 5.90. The predicted octanol–water partition coefficient (Wildman–Crippen LogP) is 3.18. The number of nitrogens with zero attached hydrogens (tertiary/aromatic N) is 1. The summed E-state index contributed by atoms with van der Waals surface area (Å²) in [4.78, 5) is 27.0. The molecule has 0 aromatic heterocycles. The van der Waals surface area contributed by atoms with Crippen molar-refractivity contribution in [3.8, 4) is 0 Å². The van der Waals surface area contributed by atoms with E-state index in [0.717, 1.165) is 32.2 Å². The van der Waals surface area contributed by atoms with E-state index >= 15 is 0 Å². The van der Waals surface area contributed by atoms with E-state index < -0.39 is 5.54 Å². The normalized spacial score (nSPS) is 24.8. The maximum absolute atomic E-state index is 12.8. The minimum Gasteiger partial charge on any atom is -0.461 e. The molecule has 130 valence electrons. The van der Waals surface area contributed by atoms with Gasteiger partial charge in [-0.2, -0.15) is 0 Å². The Morgan fingerprint density at radius 3 is 2.39 bits per heavy atom. The van der Waals surface area contributed by atoms with Crippen LogP contribution in [0.1, 0.15) is 66.2 Å². The molecule has 2 aliphatic rings. The monoisotopic (exact) mass is 323 g/mol. The zero-order chi connectivity index (χ0) is 17.0. The van der Waals surface area contributed by atoms with Crippen LogP contribution in [0.25, 0.3) is 0 Å². The van der Waals surface area contributed by atoms with E-state index in [4.69, 9.17) is 9.47 Å². The van der Waals surface area contributed by atoms with Gasteiger partial charge in [-0.15, -0.1) is 0 Å². The van der Waals surface area contributed by atoms with Crippen molar-refractivity contribution < 1.29 is 19.1 Å². The van der Waals surface area contributed by atoms with E-state index in [1.54, 1.807) is 0 Å². The largest absolute Gasteiger partial charge is 0.461 e. The fourth-order valence-electron chi connectivity index (χ4n) is 3.37. The summed E-state index contributed by atoms with van der Waals surface area (Å²) >= 11 is 0. The molecule has 0 saturated carbocycles. The maximum atomic E-state index is 12.8. The molecule has 0 radical (unpaired) electrons. The molecule has 0 N–H and O–H groups in total. The Hall–Kier alpha value is -1.52. The van der Waals surface area contributed by atoms with Gasteiger partial charge < -0.3 is 14.4 Å². The fraction of sp³-hybridized carbons (Fsp3) is 0.778. The van der Waals surface area contributed by atoms with Gasteiger partial charge in [-0.25, -0.2) is 9.59 Å². The van der Waals surface area contributed by atoms with Crippen LogP contribution in [-0.2, 0) is 19.1 Å². The van der Waals surface area contributed by atoms with Gasteiger partial charge in [0.1, 0.15) is 5.54 Å². The Balaban J connectivity index is 2.25. The van der Waals surface area contributed by atoms with Crippen LogP contribution in [0.5, 0.6) is 0 Å². The Bertz CT molecular complexity index is 483.